The Hall–Kier alpha value is -3.59. The number of aryl methyl sites for hydroxylation is 1. The number of carboxylic acids is 1. The van der Waals surface area contributed by atoms with Crippen LogP contribution >= 0.6 is 23.2 Å². The van der Waals surface area contributed by atoms with Gasteiger partial charge in [-0.1, -0.05) is 47.5 Å². The van der Waals surface area contributed by atoms with Gasteiger partial charge in [-0.25, -0.2) is 4.79 Å². The van der Waals surface area contributed by atoms with Crippen molar-refractivity contribution >= 4 is 67.0 Å². The van der Waals surface area contributed by atoms with Crippen molar-refractivity contribution in [1.82, 2.24) is 5.32 Å². The van der Waals surface area contributed by atoms with Crippen molar-refractivity contribution in [1.29, 1.82) is 0 Å². The third kappa shape index (κ3) is 6.71. The van der Waals surface area contributed by atoms with Gasteiger partial charge in [-0.15, -0.1) is 0 Å². The molecule has 202 valence electrons. The molecule has 4 aromatic rings. The number of carbonyl (C=O) groups excluding carboxylic acids is 2. The van der Waals surface area contributed by atoms with Crippen LogP contribution in [0.2, 0.25) is 10.0 Å². The molecule has 0 saturated heterocycles. The largest absolute Gasteiger partial charge is 0.480 e. The van der Waals surface area contributed by atoms with Gasteiger partial charge in [0.2, 0.25) is 0 Å². The normalized spacial score (nSPS) is 13.5. The van der Waals surface area contributed by atoms with E-state index in [9.17, 15) is 23.7 Å². The molecule has 0 spiro atoms. The Labute approximate surface area is 235 Å². The summed E-state index contributed by atoms with van der Waals surface area (Å²) in [5.41, 5.74) is 0.959. The van der Waals surface area contributed by atoms with Gasteiger partial charge in [0.1, 0.15) is 11.8 Å². The highest BCUT2D eigenvalue weighted by Crippen LogP contribution is 2.34. The van der Waals surface area contributed by atoms with Crippen LogP contribution in [0, 0.1) is 0 Å². The minimum atomic E-state index is -2.50. The zero-order chi connectivity index (χ0) is 28.3. The average molecular weight is 586 g/mol. The SMILES string of the molecule is C=S(C)(=O)c1cccc(C[C@H](NC(=O)c2c(Cl)cc3cc(C(=O)CCc4ccco4)ccc3c2Cl)C(=O)O)c1. The third-order valence-electron chi connectivity index (χ3n) is 6.20. The highest BCUT2D eigenvalue weighted by Gasteiger charge is 2.25. The van der Waals surface area contributed by atoms with Crippen LogP contribution in [0.25, 0.3) is 10.8 Å². The number of amides is 1. The highest BCUT2D eigenvalue weighted by molar-refractivity contribution is 7.99. The fourth-order valence-electron chi connectivity index (χ4n) is 4.15. The number of benzene rings is 3. The van der Waals surface area contributed by atoms with Crippen molar-refractivity contribution in [3.8, 4) is 0 Å². The molecule has 0 fully saturated rings. The van der Waals surface area contributed by atoms with E-state index in [-0.39, 0.29) is 34.2 Å². The summed E-state index contributed by atoms with van der Waals surface area (Å²) in [6, 6.07) is 15.3. The Morgan fingerprint density at radius 3 is 2.51 bits per heavy atom. The van der Waals surface area contributed by atoms with Crippen molar-refractivity contribution in [3.05, 3.63) is 99.4 Å². The maximum Gasteiger partial charge on any atom is 0.326 e. The van der Waals surface area contributed by atoms with Crippen molar-refractivity contribution in [2.24, 2.45) is 0 Å². The lowest BCUT2D eigenvalue weighted by Crippen LogP contribution is -2.42. The lowest BCUT2D eigenvalue weighted by molar-refractivity contribution is -0.139. The zero-order valence-corrected chi connectivity index (χ0v) is 23.2. The Bertz CT molecular complexity index is 1680. The number of hydrogen-bond donors (Lipinski definition) is 2. The second-order valence-corrected chi connectivity index (χ2v) is 12.5. The van der Waals surface area contributed by atoms with Gasteiger partial charge in [-0.2, -0.15) is 0 Å². The summed E-state index contributed by atoms with van der Waals surface area (Å²) in [4.78, 5) is 38.3. The van der Waals surface area contributed by atoms with E-state index in [1.807, 2.05) is 0 Å². The van der Waals surface area contributed by atoms with E-state index in [1.165, 1.54) is 12.3 Å². The number of rotatable bonds is 10. The van der Waals surface area contributed by atoms with Gasteiger partial charge < -0.3 is 14.8 Å². The molecule has 0 aliphatic carbocycles. The first kappa shape index (κ1) is 28.4. The molecule has 1 heterocycles. The molecule has 4 rings (SSSR count). The van der Waals surface area contributed by atoms with Crippen molar-refractivity contribution in [2.75, 3.05) is 6.26 Å². The fraction of sp³-hybridized carbons (Fsp3) is 0.172. The van der Waals surface area contributed by atoms with Gasteiger partial charge in [0, 0.05) is 41.4 Å². The van der Waals surface area contributed by atoms with E-state index in [2.05, 4.69) is 11.2 Å². The van der Waals surface area contributed by atoms with Crippen LogP contribution in [0.15, 0.2) is 76.2 Å². The van der Waals surface area contributed by atoms with Crippen molar-refractivity contribution < 1.29 is 28.1 Å². The molecular weight excluding hydrogens is 561 g/mol. The molecule has 2 atom stereocenters. The lowest BCUT2D eigenvalue weighted by atomic mass is 9.99. The fourth-order valence-corrected chi connectivity index (χ4v) is 5.63. The molecule has 0 aliphatic rings. The van der Waals surface area contributed by atoms with Crippen LogP contribution in [0.5, 0.6) is 0 Å². The molecule has 0 bridgehead atoms. The Morgan fingerprint density at radius 1 is 1.08 bits per heavy atom. The minimum Gasteiger partial charge on any atom is -0.480 e. The van der Waals surface area contributed by atoms with E-state index in [4.69, 9.17) is 27.6 Å². The van der Waals surface area contributed by atoms with Gasteiger partial charge in [-0.3, -0.25) is 13.8 Å². The van der Waals surface area contributed by atoms with Gasteiger partial charge in [-0.05, 0) is 62.7 Å². The van der Waals surface area contributed by atoms with Crippen LogP contribution in [0.1, 0.15) is 38.5 Å². The summed E-state index contributed by atoms with van der Waals surface area (Å²) in [7, 11) is -2.50. The first-order chi connectivity index (χ1) is 18.4. The topological polar surface area (TPSA) is 114 Å². The first-order valence-electron chi connectivity index (χ1n) is 11.9. The van der Waals surface area contributed by atoms with Crippen LogP contribution < -0.4 is 5.32 Å². The highest BCUT2D eigenvalue weighted by atomic mass is 35.5. The second kappa shape index (κ2) is 11.7. The number of ketones is 1. The Kier molecular flexibility index (Phi) is 8.49. The maximum absolute atomic E-state index is 13.2. The molecule has 1 unspecified atom stereocenters. The van der Waals surface area contributed by atoms with E-state index in [1.54, 1.807) is 60.9 Å². The molecule has 3 aromatic carbocycles. The van der Waals surface area contributed by atoms with E-state index in [0.717, 1.165) is 0 Å². The van der Waals surface area contributed by atoms with E-state index < -0.39 is 27.4 Å². The van der Waals surface area contributed by atoms with E-state index >= 15 is 0 Å². The number of carbonyl (C=O) groups is 3. The van der Waals surface area contributed by atoms with Crippen molar-refractivity contribution in [3.63, 3.8) is 0 Å². The van der Waals surface area contributed by atoms with Gasteiger partial charge in [0.05, 0.1) is 21.9 Å². The van der Waals surface area contributed by atoms with Crippen molar-refractivity contribution in [2.45, 2.75) is 30.2 Å². The molecule has 39 heavy (non-hydrogen) atoms. The molecule has 0 saturated carbocycles. The minimum absolute atomic E-state index is 0.0131. The predicted molar refractivity (Wildman–Crippen MR) is 154 cm³/mol. The van der Waals surface area contributed by atoms with E-state index in [0.29, 0.717) is 39.0 Å². The molecule has 0 radical (unpaired) electrons. The number of fused-ring (bicyclic) bond motifs is 1. The smallest absolute Gasteiger partial charge is 0.326 e. The first-order valence-corrected chi connectivity index (χ1v) is 14.8. The summed E-state index contributed by atoms with van der Waals surface area (Å²) < 4.78 is 17.6. The number of aliphatic carboxylic acids is 1. The van der Waals surface area contributed by atoms with Gasteiger partial charge >= 0.3 is 5.97 Å². The molecule has 0 aliphatic heterocycles. The number of halogens is 2. The third-order valence-corrected chi connectivity index (χ3v) is 8.14. The standard InChI is InChI=1S/C29H25Cl2NO6S/c1-39(2,37)21-7-3-5-17(13-21)14-24(29(35)36)32-28(34)26-23(30)16-19-15-18(8-10-22(19)27(26)31)25(33)11-9-20-6-4-12-38-20/h3-8,10,12-13,15-16,24H,1,9,11,14H2,2H3,(H,32,34)(H,35,36)/t24-,39?/m0/s1. The molecule has 1 aromatic heterocycles. The van der Waals surface area contributed by atoms with Crippen LogP contribution in [0.3, 0.4) is 0 Å². The van der Waals surface area contributed by atoms with Crippen LogP contribution in [-0.2, 0) is 27.2 Å². The number of nitrogens with one attached hydrogen (secondary N) is 1. The monoisotopic (exact) mass is 585 g/mol. The zero-order valence-electron chi connectivity index (χ0n) is 20.9. The van der Waals surface area contributed by atoms with Gasteiger partial charge in [0.15, 0.2) is 5.78 Å². The molecule has 7 nitrogen and oxygen atoms in total. The lowest BCUT2D eigenvalue weighted by Gasteiger charge is -2.17. The molecule has 10 heteroatoms. The number of carboxylic acid groups (broad SMARTS) is 1. The number of Topliss-reactive ketones (excluding diaryl/α,β-unsaturated/α-hetero) is 1. The van der Waals surface area contributed by atoms with Crippen LogP contribution in [0.4, 0.5) is 0 Å². The van der Waals surface area contributed by atoms with Gasteiger partial charge in [0.25, 0.3) is 5.91 Å². The predicted octanol–water partition coefficient (Wildman–Crippen LogP) is 5.69. The molecular formula is C29H25Cl2NO6S. The number of hydrogen-bond acceptors (Lipinski definition) is 5. The quantitative estimate of drug-likeness (QED) is 0.183. The summed E-state index contributed by atoms with van der Waals surface area (Å²) >= 11 is 13.0. The Balaban J connectivity index is 1.56. The molecule has 1 amide bonds. The summed E-state index contributed by atoms with van der Waals surface area (Å²) in [5, 5.41) is 13.4. The second-order valence-electron chi connectivity index (χ2n) is 9.21. The summed E-state index contributed by atoms with van der Waals surface area (Å²) in [6.07, 6.45) is 3.71. The summed E-state index contributed by atoms with van der Waals surface area (Å²) in [6.45, 7) is 0. The average Bonchev–Trinajstić information content (AvgIpc) is 3.40. The summed E-state index contributed by atoms with van der Waals surface area (Å²) in [5.74, 6) is 2.26. The Morgan fingerprint density at radius 2 is 1.85 bits per heavy atom. The maximum atomic E-state index is 13.2. The number of furan rings is 1. The van der Waals surface area contributed by atoms with Crippen LogP contribution in [-0.4, -0.2) is 45.1 Å². The molecule has 2 N–H and O–H groups in total.